The van der Waals surface area contributed by atoms with Crippen molar-refractivity contribution >= 4 is 11.6 Å². The minimum atomic E-state index is -0.0983. The van der Waals surface area contributed by atoms with Gasteiger partial charge in [0.25, 0.3) is 5.91 Å². The first-order chi connectivity index (χ1) is 10.1. The predicted molar refractivity (Wildman–Crippen MR) is 84.5 cm³/mol. The molecule has 0 bridgehead atoms. The first-order valence-corrected chi connectivity index (χ1v) is 7.47. The van der Waals surface area contributed by atoms with E-state index in [1.807, 2.05) is 0 Å². The zero-order chi connectivity index (χ0) is 15.7. The second kappa shape index (κ2) is 9.23. The molecule has 5 nitrogen and oxygen atoms in total. The highest BCUT2D eigenvalue weighted by Crippen LogP contribution is 2.23. The Balaban J connectivity index is 2.75. The number of aliphatic hydroxyl groups excluding tert-OH is 1. The number of nitrogens with zero attached hydrogens (tertiary/aromatic N) is 1. The van der Waals surface area contributed by atoms with E-state index in [1.165, 1.54) is 7.11 Å². The normalized spacial score (nSPS) is 10.4. The maximum Gasteiger partial charge on any atom is 0.254 e. The SMILES string of the molecule is CCCCCCN(CCO)C(=O)c1ccc(N)c(OC)c1. The van der Waals surface area contributed by atoms with Crippen LogP contribution < -0.4 is 10.5 Å². The van der Waals surface area contributed by atoms with Crippen molar-refractivity contribution in [1.82, 2.24) is 4.90 Å². The summed E-state index contributed by atoms with van der Waals surface area (Å²) in [5.41, 5.74) is 6.80. The summed E-state index contributed by atoms with van der Waals surface area (Å²) >= 11 is 0. The number of carbonyl (C=O) groups excluding carboxylic acids is 1. The smallest absolute Gasteiger partial charge is 0.254 e. The molecule has 1 amide bonds. The summed E-state index contributed by atoms with van der Waals surface area (Å²) in [6.07, 6.45) is 4.36. The van der Waals surface area contributed by atoms with Gasteiger partial charge in [0, 0.05) is 18.7 Å². The van der Waals surface area contributed by atoms with Crippen LogP contribution in [0.3, 0.4) is 0 Å². The number of aliphatic hydroxyl groups is 1. The lowest BCUT2D eigenvalue weighted by Crippen LogP contribution is -2.34. The van der Waals surface area contributed by atoms with E-state index in [9.17, 15) is 4.79 Å². The number of methoxy groups -OCH3 is 1. The van der Waals surface area contributed by atoms with Crippen LogP contribution in [0.5, 0.6) is 5.75 Å². The van der Waals surface area contributed by atoms with Crippen LogP contribution in [0, 0.1) is 0 Å². The fourth-order valence-electron chi connectivity index (χ4n) is 2.19. The van der Waals surface area contributed by atoms with Gasteiger partial charge in [-0.2, -0.15) is 0 Å². The average Bonchev–Trinajstić information content (AvgIpc) is 2.50. The van der Waals surface area contributed by atoms with Crippen LogP contribution in [-0.4, -0.2) is 42.7 Å². The lowest BCUT2D eigenvalue weighted by atomic mass is 10.1. The van der Waals surface area contributed by atoms with Crippen LogP contribution in [0.15, 0.2) is 18.2 Å². The topological polar surface area (TPSA) is 75.8 Å². The van der Waals surface area contributed by atoms with Gasteiger partial charge in [-0.05, 0) is 24.6 Å². The molecule has 0 unspecified atom stereocenters. The number of ether oxygens (including phenoxy) is 1. The van der Waals surface area contributed by atoms with Crippen molar-refractivity contribution in [1.29, 1.82) is 0 Å². The molecule has 0 spiro atoms. The van der Waals surface area contributed by atoms with E-state index in [-0.39, 0.29) is 12.5 Å². The highest BCUT2D eigenvalue weighted by atomic mass is 16.5. The van der Waals surface area contributed by atoms with Crippen LogP contribution in [0.1, 0.15) is 43.0 Å². The van der Waals surface area contributed by atoms with Crippen LogP contribution >= 0.6 is 0 Å². The molecule has 0 atom stereocenters. The number of anilines is 1. The Morgan fingerprint density at radius 2 is 2.05 bits per heavy atom. The lowest BCUT2D eigenvalue weighted by molar-refractivity contribution is 0.0718. The van der Waals surface area contributed by atoms with Crippen molar-refractivity contribution in [3.8, 4) is 5.75 Å². The van der Waals surface area contributed by atoms with Gasteiger partial charge in [0.15, 0.2) is 0 Å². The van der Waals surface area contributed by atoms with E-state index >= 15 is 0 Å². The second-order valence-corrected chi connectivity index (χ2v) is 5.03. The number of unbranched alkanes of at least 4 members (excludes halogenated alkanes) is 3. The molecule has 3 N–H and O–H groups in total. The Morgan fingerprint density at radius 3 is 2.67 bits per heavy atom. The Morgan fingerprint density at radius 1 is 1.29 bits per heavy atom. The first kappa shape index (κ1) is 17.3. The monoisotopic (exact) mass is 294 g/mol. The van der Waals surface area contributed by atoms with E-state index in [4.69, 9.17) is 15.6 Å². The summed E-state index contributed by atoms with van der Waals surface area (Å²) in [6.45, 7) is 3.12. The standard InChI is InChI=1S/C16H26N2O3/c1-3-4-5-6-9-18(10-11-19)16(20)13-7-8-14(17)15(12-13)21-2/h7-8,12,19H,3-6,9-11,17H2,1-2H3. The zero-order valence-electron chi connectivity index (χ0n) is 13.0. The van der Waals surface area contributed by atoms with E-state index in [2.05, 4.69) is 6.92 Å². The van der Waals surface area contributed by atoms with Gasteiger partial charge in [-0.15, -0.1) is 0 Å². The highest BCUT2D eigenvalue weighted by molar-refractivity contribution is 5.95. The first-order valence-electron chi connectivity index (χ1n) is 7.47. The Labute approximate surface area is 126 Å². The van der Waals surface area contributed by atoms with Crippen molar-refractivity contribution in [2.45, 2.75) is 32.6 Å². The van der Waals surface area contributed by atoms with E-state index in [0.717, 1.165) is 25.7 Å². The van der Waals surface area contributed by atoms with Gasteiger partial charge in [0.2, 0.25) is 0 Å². The molecule has 0 fully saturated rings. The Hall–Kier alpha value is -1.75. The number of hydrogen-bond donors (Lipinski definition) is 2. The molecule has 0 saturated heterocycles. The number of nitrogens with two attached hydrogens (primary N) is 1. The molecule has 0 aliphatic carbocycles. The zero-order valence-corrected chi connectivity index (χ0v) is 13.0. The minimum absolute atomic E-state index is 0.0361. The highest BCUT2D eigenvalue weighted by Gasteiger charge is 2.16. The molecule has 1 rings (SSSR count). The molecule has 0 radical (unpaired) electrons. The fourth-order valence-corrected chi connectivity index (χ4v) is 2.19. The van der Waals surface area contributed by atoms with Crippen molar-refractivity contribution in [2.24, 2.45) is 0 Å². The molecule has 1 aromatic rings. The molecule has 0 aromatic heterocycles. The largest absolute Gasteiger partial charge is 0.495 e. The van der Waals surface area contributed by atoms with Gasteiger partial charge in [-0.3, -0.25) is 4.79 Å². The van der Waals surface area contributed by atoms with Crippen molar-refractivity contribution in [3.05, 3.63) is 23.8 Å². The van der Waals surface area contributed by atoms with Gasteiger partial charge in [0.1, 0.15) is 5.75 Å². The number of carbonyl (C=O) groups is 1. The second-order valence-electron chi connectivity index (χ2n) is 5.03. The molecule has 1 aromatic carbocycles. The Kier molecular flexibility index (Phi) is 7.61. The number of rotatable bonds is 9. The maximum absolute atomic E-state index is 12.5. The van der Waals surface area contributed by atoms with E-state index < -0.39 is 0 Å². The minimum Gasteiger partial charge on any atom is -0.495 e. The predicted octanol–water partition coefficient (Wildman–Crippen LogP) is 2.29. The quantitative estimate of drug-likeness (QED) is 0.541. The molecule has 0 heterocycles. The number of hydrogen-bond acceptors (Lipinski definition) is 4. The maximum atomic E-state index is 12.5. The summed E-state index contributed by atoms with van der Waals surface area (Å²) in [5, 5.41) is 9.14. The van der Waals surface area contributed by atoms with Crippen LogP contribution in [0.4, 0.5) is 5.69 Å². The van der Waals surface area contributed by atoms with Crippen LogP contribution in [-0.2, 0) is 0 Å². The molecular weight excluding hydrogens is 268 g/mol. The molecule has 0 aliphatic rings. The fraction of sp³-hybridized carbons (Fsp3) is 0.562. The lowest BCUT2D eigenvalue weighted by Gasteiger charge is -2.22. The number of nitrogen functional groups attached to an aromatic ring is 1. The summed E-state index contributed by atoms with van der Waals surface area (Å²) in [7, 11) is 1.52. The van der Waals surface area contributed by atoms with E-state index in [1.54, 1.807) is 23.1 Å². The van der Waals surface area contributed by atoms with Crippen molar-refractivity contribution < 1.29 is 14.6 Å². The van der Waals surface area contributed by atoms with E-state index in [0.29, 0.717) is 30.1 Å². The molecule has 0 saturated carbocycles. The third-order valence-electron chi connectivity index (χ3n) is 3.42. The number of benzene rings is 1. The van der Waals surface area contributed by atoms with Crippen LogP contribution in [0.2, 0.25) is 0 Å². The van der Waals surface area contributed by atoms with Gasteiger partial charge in [0.05, 0.1) is 19.4 Å². The molecular formula is C16H26N2O3. The summed E-state index contributed by atoms with van der Waals surface area (Å²) in [5.74, 6) is 0.398. The molecule has 118 valence electrons. The summed E-state index contributed by atoms with van der Waals surface area (Å²) < 4.78 is 5.14. The third-order valence-corrected chi connectivity index (χ3v) is 3.42. The van der Waals surface area contributed by atoms with Crippen molar-refractivity contribution in [3.63, 3.8) is 0 Å². The summed E-state index contributed by atoms with van der Waals surface area (Å²) in [6, 6.07) is 5.00. The molecule has 0 aliphatic heterocycles. The van der Waals surface area contributed by atoms with Gasteiger partial charge >= 0.3 is 0 Å². The third kappa shape index (κ3) is 5.27. The Bertz CT molecular complexity index is 449. The molecule has 21 heavy (non-hydrogen) atoms. The van der Waals surface area contributed by atoms with Crippen LogP contribution in [0.25, 0.3) is 0 Å². The van der Waals surface area contributed by atoms with Crippen molar-refractivity contribution in [2.75, 3.05) is 32.5 Å². The molecule has 5 heteroatoms. The van der Waals surface area contributed by atoms with Gasteiger partial charge in [-0.25, -0.2) is 0 Å². The van der Waals surface area contributed by atoms with Gasteiger partial charge < -0.3 is 20.5 Å². The summed E-state index contributed by atoms with van der Waals surface area (Å²) in [4.78, 5) is 14.2. The number of amides is 1. The average molecular weight is 294 g/mol. The van der Waals surface area contributed by atoms with Gasteiger partial charge in [-0.1, -0.05) is 26.2 Å².